The van der Waals surface area contributed by atoms with E-state index in [4.69, 9.17) is 0 Å². The smallest absolute Gasteiger partial charge is 0.374 e. The molecule has 18 heavy (non-hydrogen) atoms. The van der Waals surface area contributed by atoms with E-state index in [2.05, 4.69) is 0 Å². The molecule has 0 saturated carbocycles. The Hall–Kier alpha value is -2.07. The van der Waals surface area contributed by atoms with Crippen molar-refractivity contribution in [1.82, 2.24) is 0 Å². The van der Waals surface area contributed by atoms with Crippen molar-refractivity contribution in [2.45, 2.75) is 18.7 Å². The Balaban J connectivity index is 3.04. The molecule has 1 atom stereocenters. The summed E-state index contributed by atoms with van der Waals surface area (Å²) in [7, 11) is 0. The van der Waals surface area contributed by atoms with Gasteiger partial charge in [-0.15, -0.1) is 0 Å². The van der Waals surface area contributed by atoms with Crippen molar-refractivity contribution in [2.24, 2.45) is 0 Å². The van der Waals surface area contributed by atoms with Gasteiger partial charge >= 0.3 is 6.18 Å². The number of nitro groups is 1. The van der Waals surface area contributed by atoms with Crippen LogP contribution in [0.4, 0.5) is 18.9 Å². The standard InChI is InChI=1S/C11H8F3NO3/c1-10(16,6-7-11(12,13)14)8-2-4-9(5-3-8)15(17)18/h2-5,16H,1H3. The third-order valence-corrected chi connectivity index (χ3v) is 2.09. The number of hydrogen-bond donors (Lipinski definition) is 1. The van der Waals surface area contributed by atoms with E-state index in [1.807, 2.05) is 0 Å². The molecule has 1 aromatic rings. The number of aliphatic hydroxyl groups is 1. The van der Waals surface area contributed by atoms with Crippen LogP contribution < -0.4 is 0 Å². The van der Waals surface area contributed by atoms with E-state index in [9.17, 15) is 28.4 Å². The lowest BCUT2D eigenvalue weighted by Crippen LogP contribution is -2.19. The van der Waals surface area contributed by atoms with Crippen LogP contribution in [0.2, 0.25) is 0 Å². The zero-order valence-electron chi connectivity index (χ0n) is 9.15. The van der Waals surface area contributed by atoms with Crippen LogP contribution in [0.15, 0.2) is 24.3 Å². The fourth-order valence-electron chi connectivity index (χ4n) is 1.17. The van der Waals surface area contributed by atoms with Gasteiger partial charge in [-0.3, -0.25) is 10.1 Å². The van der Waals surface area contributed by atoms with Gasteiger partial charge in [0.2, 0.25) is 0 Å². The highest BCUT2D eigenvalue weighted by atomic mass is 19.4. The predicted molar refractivity (Wildman–Crippen MR) is 56.5 cm³/mol. The van der Waals surface area contributed by atoms with Gasteiger partial charge in [0.25, 0.3) is 5.69 Å². The molecule has 1 rings (SSSR count). The van der Waals surface area contributed by atoms with E-state index in [0.29, 0.717) is 0 Å². The predicted octanol–water partition coefficient (Wildman–Crippen LogP) is 2.37. The average molecular weight is 259 g/mol. The summed E-state index contributed by atoms with van der Waals surface area (Å²) in [5.41, 5.74) is -2.20. The molecule has 0 aromatic heterocycles. The van der Waals surface area contributed by atoms with Crippen molar-refractivity contribution >= 4 is 5.69 Å². The minimum Gasteiger partial charge on any atom is -0.374 e. The Labute approximate surface area is 100 Å². The normalized spacial score (nSPS) is 14.3. The van der Waals surface area contributed by atoms with E-state index >= 15 is 0 Å². The highest BCUT2D eigenvalue weighted by molar-refractivity contribution is 5.38. The second-order valence-electron chi connectivity index (χ2n) is 3.62. The largest absolute Gasteiger partial charge is 0.457 e. The molecule has 1 N–H and O–H groups in total. The van der Waals surface area contributed by atoms with Gasteiger partial charge in [0.1, 0.15) is 5.60 Å². The summed E-state index contributed by atoms with van der Waals surface area (Å²) < 4.78 is 35.7. The molecule has 0 aliphatic rings. The Morgan fingerprint density at radius 1 is 1.22 bits per heavy atom. The van der Waals surface area contributed by atoms with Gasteiger partial charge in [0, 0.05) is 18.1 Å². The van der Waals surface area contributed by atoms with Crippen LogP contribution in [0, 0.1) is 22.0 Å². The van der Waals surface area contributed by atoms with Crippen LogP contribution in [0.25, 0.3) is 0 Å². The quantitative estimate of drug-likeness (QED) is 0.503. The van der Waals surface area contributed by atoms with Crippen molar-refractivity contribution < 1.29 is 23.2 Å². The summed E-state index contributed by atoms with van der Waals surface area (Å²) in [6.07, 6.45) is -4.70. The van der Waals surface area contributed by atoms with Gasteiger partial charge in [-0.2, -0.15) is 13.2 Å². The third-order valence-electron chi connectivity index (χ3n) is 2.09. The fourth-order valence-corrected chi connectivity index (χ4v) is 1.17. The minimum atomic E-state index is -4.70. The van der Waals surface area contributed by atoms with Crippen LogP contribution in [-0.2, 0) is 5.60 Å². The third kappa shape index (κ3) is 3.75. The van der Waals surface area contributed by atoms with E-state index in [-0.39, 0.29) is 11.3 Å². The number of non-ortho nitro benzene ring substituents is 1. The van der Waals surface area contributed by atoms with E-state index in [0.717, 1.165) is 37.1 Å². The van der Waals surface area contributed by atoms with E-state index < -0.39 is 16.7 Å². The van der Waals surface area contributed by atoms with Crippen molar-refractivity contribution in [2.75, 3.05) is 0 Å². The average Bonchev–Trinajstić information content (AvgIpc) is 2.26. The molecular formula is C11H8F3NO3. The number of nitrogens with zero attached hydrogens (tertiary/aromatic N) is 1. The zero-order valence-corrected chi connectivity index (χ0v) is 9.15. The molecule has 0 amide bonds. The molecule has 0 aliphatic heterocycles. The first-order valence-corrected chi connectivity index (χ1v) is 4.70. The van der Waals surface area contributed by atoms with E-state index in [1.54, 1.807) is 5.92 Å². The van der Waals surface area contributed by atoms with Gasteiger partial charge in [0.05, 0.1) is 4.92 Å². The number of rotatable bonds is 2. The summed E-state index contributed by atoms with van der Waals surface area (Å²) in [5, 5.41) is 20.1. The number of hydrogen-bond acceptors (Lipinski definition) is 3. The Morgan fingerprint density at radius 3 is 2.11 bits per heavy atom. The monoisotopic (exact) mass is 259 g/mol. The minimum absolute atomic E-state index is 0.0462. The molecule has 4 nitrogen and oxygen atoms in total. The van der Waals surface area contributed by atoms with Gasteiger partial charge in [-0.25, -0.2) is 0 Å². The lowest BCUT2D eigenvalue weighted by Gasteiger charge is -2.16. The number of benzene rings is 1. The first-order valence-electron chi connectivity index (χ1n) is 4.70. The van der Waals surface area contributed by atoms with Crippen LogP contribution in [0.5, 0.6) is 0 Å². The molecule has 7 heteroatoms. The first-order chi connectivity index (χ1) is 8.12. The van der Waals surface area contributed by atoms with Crippen LogP contribution in [-0.4, -0.2) is 16.2 Å². The number of alkyl halides is 3. The molecule has 0 aliphatic carbocycles. The molecule has 96 valence electrons. The maximum Gasteiger partial charge on any atom is 0.457 e. The number of nitro benzene ring substituents is 1. The van der Waals surface area contributed by atoms with Crippen molar-refractivity contribution in [3.05, 3.63) is 39.9 Å². The van der Waals surface area contributed by atoms with Gasteiger partial charge < -0.3 is 5.11 Å². The lowest BCUT2D eigenvalue weighted by molar-refractivity contribution is -0.384. The zero-order chi connectivity index (χ0) is 14.0. The number of halogens is 3. The Kier molecular flexibility index (Phi) is 3.62. The molecule has 0 bridgehead atoms. The second-order valence-corrected chi connectivity index (χ2v) is 3.62. The summed E-state index contributed by atoms with van der Waals surface area (Å²) in [6.45, 7) is 1.08. The molecule has 1 aromatic carbocycles. The lowest BCUT2D eigenvalue weighted by atomic mass is 9.96. The van der Waals surface area contributed by atoms with Crippen molar-refractivity contribution in [3.63, 3.8) is 0 Å². The summed E-state index contributed by atoms with van der Waals surface area (Å²) in [6, 6.07) is 4.48. The van der Waals surface area contributed by atoms with Crippen LogP contribution >= 0.6 is 0 Å². The summed E-state index contributed by atoms with van der Waals surface area (Å²) >= 11 is 0. The molecule has 0 saturated heterocycles. The SMILES string of the molecule is CC(O)(C#CC(F)(F)F)c1ccc([N+](=O)[O-])cc1. The first kappa shape index (κ1) is 14.0. The Morgan fingerprint density at radius 2 is 1.72 bits per heavy atom. The fraction of sp³-hybridized carbons (Fsp3) is 0.273. The summed E-state index contributed by atoms with van der Waals surface area (Å²) in [5.74, 6) is 2.64. The Bertz CT molecular complexity index is 509. The highest BCUT2D eigenvalue weighted by Gasteiger charge is 2.27. The summed E-state index contributed by atoms with van der Waals surface area (Å²) in [4.78, 5) is 9.73. The van der Waals surface area contributed by atoms with Gasteiger partial charge in [0.15, 0.2) is 0 Å². The van der Waals surface area contributed by atoms with Crippen LogP contribution in [0.3, 0.4) is 0 Å². The second kappa shape index (κ2) is 4.66. The molecule has 1 unspecified atom stereocenters. The highest BCUT2D eigenvalue weighted by Crippen LogP contribution is 2.23. The maximum atomic E-state index is 11.9. The molecule has 0 fully saturated rings. The molecular weight excluding hydrogens is 251 g/mol. The molecule has 0 radical (unpaired) electrons. The van der Waals surface area contributed by atoms with Crippen molar-refractivity contribution in [3.8, 4) is 11.8 Å². The topological polar surface area (TPSA) is 63.4 Å². The molecule has 0 heterocycles. The van der Waals surface area contributed by atoms with Crippen LogP contribution in [0.1, 0.15) is 12.5 Å². The molecule has 0 spiro atoms. The van der Waals surface area contributed by atoms with Crippen molar-refractivity contribution in [1.29, 1.82) is 0 Å². The van der Waals surface area contributed by atoms with E-state index in [1.165, 1.54) is 0 Å². The maximum absolute atomic E-state index is 11.9. The van der Waals surface area contributed by atoms with Gasteiger partial charge in [-0.05, 0) is 24.6 Å². The van der Waals surface area contributed by atoms with Gasteiger partial charge in [-0.1, -0.05) is 5.92 Å².